The van der Waals surface area contributed by atoms with E-state index in [0.717, 1.165) is 18.9 Å². The van der Waals surface area contributed by atoms with E-state index in [0.29, 0.717) is 0 Å². The van der Waals surface area contributed by atoms with Crippen LogP contribution in [0.25, 0.3) is 0 Å². The fourth-order valence-electron chi connectivity index (χ4n) is 0.622. The Kier molecular flexibility index (Phi) is 14.4. The summed E-state index contributed by atoms with van der Waals surface area (Å²) < 4.78 is 14.2. The zero-order valence-corrected chi connectivity index (χ0v) is 10.5. The minimum Gasteiger partial charge on any atom is -0.379 e. The molecule has 4 nitrogen and oxygen atoms in total. The van der Waals surface area contributed by atoms with Gasteiger partial charge < -0.3 is 19.0 Å². The molecule has 0 aliphatic heterocycles. The first kappa shape index (κ1) is 15.5. The monoisotopic (exact) mass is 209 g/mol. The lowest BCUT2D eigenvalue weighted by Gasteiger charge is -2.05. The summed E-state index contributed by atoms with van der Waals surface area (Å²) >= 11 is 0. The molecule has 0 aromatic rings. The van der Waals surface area contributed by atoms with Gasteiger partial charge in [0.1, 0.15) is 0 Å². The summed E-state index contributed by atoms with van der Waals surface area (Å²) in [4.78, 5) is 0. The van der Waals surface area contributed by atoms with Crippen LogP contribution in [-0.2, 0) is 13.3 Å². The molecule has 0 heterocycles. The van der Waals surface area contributed by atoms with Gasteiger partial charge in [0, 0.05) is 21.3 Å². The molecular weight excluding hydrogens is 186 g/mol. The Labute approximate surface area is 83.3 Å². The van der Waals surface area contributed by atoms with Crippen LogP contribution in [0.3, 0.4) is 0 Å². The summed E-state index contributed by atoms with van der Waals surface area (Å²) in [6, 6.07) is 0. The van der Waals surface area contributed by atoms with Gasteiger partial charge in [0.05, 0.1) is 0 Å². The van der Waals surface area contributed by atoms with Crippen molar-refractivity contribution < 1.29 is 13.3 Å². The van der Waals surface area contributed by atoms with Crippen molar-refractivity contribution in [2.45, 2.75) is 20.3 Å². The summed E-state index contributed by atoms with van der Waals surface area (Å²) in [5, 5.41) is 0. The predicted octanol–water partition coefficient (Wildman–Crippen LogP) is 0.634. The molecule has 0 saturated heterocycles. The number of nitrogens with two attached hydrogens (primary N) is 1. The van der Waals surface area contributed by atoms with Crippen LogP contribution in [0.15, 0.2) is 0 Å². The number of rotatable bonds is 5. The van der Waals surface area contributed by atoms with Crippen molar-refractivity contribution in [1.29, 1.82) is 0 Å². The van der Waals surface area contributed by atoms with Gasteiger partial charge in [-0.1, -0.05) is 13.8 Å². The predicted molar refractivity (Wildman–Crippen MR) is 56.7 cm³/mol. The van der Waals surface area contributed by atoms with Crippen molar-refractivity contribution in [3.63, 3.8) is 0 Å². The molecule has 0 atom stereocenters. The van der Waals surface area contributed by atoms with E-state index >= 15 is 0 Å². The zero-order valence-electron chi connectivity index (χ0n) is 9.37. The molecule has 0 aromatic carbocycles. The molecule has 0 radical (unpaired) electrons. The average molecular weight is 209 g/mol. The van der Waals surface area contributed by atoms with Crippen LogP contribution in [0.4, 0.5) is 0 Å². The van der Waals surface area contributed by atoms with Crippen LogP contribution in [0, 0.1) is 5.92 Å². The van der Waals surface area contributed by atoms with Crippen LogP contribution in [-0.4, -0.2) is 37.4 Å². The molecule has 0 aromatic heterocycles. The van der Waals surface area contributed by atoms with Crippen LogP contribution < -0.4 is 5.73 Å². The van der Waals surface area contributed by atoms with Crippen molar-refractivity contribution in [1.82, 2.24) is 0 Å². The standard InChI is InChI=1S/C5H13N.C3H10O3Si/c1-5(2)3-4-6;1-4-7(5-2)6-3/h5H,3-4,6H2,1-2H3;7H,1-3H3. The van der Waals surface area contributed by atoms with Gasteiger partial charge in [0.2, 0.25) is 0 Å². The number of hydrogen-bond acceptors (Lipinski definition) is 4. The van der Waals surface area contributed by atoms with Gasteiger partial charge in [-0.25, -0.2) is 0 Å². The Bertz CT molecular complexity index is 83.9. The highest BCUT2D eigenvalue weighted by atomic mass is 28.3. The minimum atomic E-state index is -1.67. The van der Waals surface area contributed by atoms with Gasteiger partial charge in [-0.3, -0.25) is 0 Å². The second-order valence-corrected chi connectivity index (χ2v) is 4.96. The average Bonchev–Trinajstić information content (AvgIpc) is 2.08. The summed E-state index contributed by atoms with van der Waals surface area (Å²) in [5.41, 5.74) is 5.23. The summed E-state index contributed by atoms with van der Waals surface area (Å²) in [7, 11) is 3.05. The Hall–Kier alpha value is 0.0569. The Morgan fingerprint density at radius 3 is 1.46 bits per heavy atom. The highest BCUT2D eigenvalue weighted by Crippen LogP contribution is 1.93. The summed E-state index contributed by atoms with van der Waals surface area (Å²) in [6.07, 6.45) is 1.15. The highest BCUT2D eigenvalue weighted by Gasteiger charge is 2.04. The van der Waals surface area contributed by atoms with E-state index in [1.165, 1.54) is 0 Å². The van der Waals surface area contributed by atoms with Crippen LogP contribution in [0.1, 0.15) is 20.3 Å². The fraction of sp³-hybridized carbons (Fsp3) is 1.00. The third-order valence-corrected chi connectivity index (χ3v) is 2.48. The molecule has 0 saturated carbocycles. The molecule has 0 fully saturated rings. The molecule has 0 bridgehead atoms. The summed E-state index contributed by atoms with van der Waals surface area (Å²) in [6.45, 7) is 5.18. The maximum Gasteiger partial charge on any atom is 0.483 e. The first-order valence-electron chi connectivity index (χ1n) is 4.40. The molecule has 13 heavy (non-hydrogen) atoms. The van der Waals surface area contributed by atoms with E-state index in [1.54, 1.807) is 21.3 Å². The second kappa shape index (κ2) is 12.1. The SMILES string of the molecule is CC(C)CCN.CO[SiH](OC)OC. The molecule has 82 valence electrons. The van der Waals surface area contributed by atoms with Gasteiger partial charge >= 0.3 is 9.53 Å². The third-order valence-electron chi connectivity index (χ3n) is 1.32. The molecule has 5 heteroatoms. The molecule has 0 unspecified atom stereocenters. The molecule has 0 aliphatic rings. The Balaban J connectivity index is 0. The van der Waals surface area contributed by atoms with Crippen molar-refractivity contribution >= 4 is 9.53 Å². The lowest BCUT2D eigenvalue weighted by molar-refractivity contribution is 0.163. The molecule has 0 aliphatic carbocycles. The third kappa shape index (κ3) is 14.9. The van der Waals surface area contributed by atoms with Gasteiger partial charge in [0.25, 0.3) is 0 Å². The summed E-state index contributed by atoms with van der Waals surface area (Å²) in [5.74, 6) is 0.773. The van der Waals surface area contributed by atoms with Crippen molar-refractivity contribution in [3.8, 4) is 0 Å². The first-order valence-corrected chi connectivity index (χ1v) is 5.82. The smallest absolute Gasteiger partial charge is 0.379 e. The fourth-order valence-corrected chi connectivity index (χ4v) is 1.20. The van der Waals surface area contributed by atoms with E-state index in [2.05, 4.69) is 13.8 Å². The van der Waals surface area contributed by atoms with E-state index in [9.17, 15) is 0 Å². The Morgan fingerprint density at radius 1 is 1.08 bits per heavy atom. The highest BCUT2D eigenvalue weighted by molar-refractivity contribution is 6.36. The van der Waals surface area contributed by atoms with Gasteiger partial charge in [-0.15, -0.1) is 0 Å². The lowest BCUT2D eigenvalue weighted by atomic mass is 10.1. The van der Waals surface area contributed by atoms with Gasteiger partial charge in [-0.2, -0.15) is 0 Å². The van der Waals surface area contributed by atoms with E-state index in [1.807, 2.05) is 0 Å². The van der Waals surface area contributed by atoms with Crippen LogP contribution in [0.5, 0.6) is 0 Å². The molecule has 0 amide bonds. The minimum absolute atomic E-state index is 0.773. The zero-order chi connectivity index (χ0) is 10.7. The van der Waals surface area contributed by atoms with E-state index in [4.69, 9.17) is 19.0 Å². The molecule has 0 rings (SSSR count). The molecule has 2 N–H and O–H groups in total. The van der Waals surface area contributed by atoms with Crippen molar-refractivity contribution in [2.75, 3.05) is 27.9 Å². The Morgan fingerprint density at radius 2 is 1.46 bits per heavy atom. The van der Waals surface area contributed by atoms with Gasteiger partial charge in [-0.05, 0) is 18.9 Å². The maximum absolute atomic E-state index is 5.23. The maximum atomic E-state index is 5.23. The second-order valence-electron chi connectivity index (χ2n) is 2.97. The van der Waals surface area contributed by atoms with Crippen LogP contribution >= 0.6 is 0 Å². The topological polar surface area (TPSA) is 53.7 Å². The van der Waals surface area contributed by atoms with Crippen LogP contribution in [0.2, 0.25) is 0 Å². The van der Waals surface area contributed by atoms with Crippen molar-refractivity contribution in [3.05, 3.63) is 0 Å². The number of hydrogen-bond donors (Lipinski definition) is 1. The molecular formula is C8H23NO3Si. The van der Waals surface area contributed by atoms with E-state index < -0.39 is 9.53 Å². The lowest BCUT2D eigenvalue weighted by Crippen LogP contribution is -2.21. The molecule has 0 spiro atoms. The first-order chi connectivity index (χ1) is 6.12. The van der Waals surface area contributed by atoms with Crippen molar-refractivity contribution in [2.24, 2.45) is 11.7 Å². The quantitative estimate of drug-likeness (QED) is 0.675. The largest absolute Gasteiger partial charge is 0.483 e. The van der Waals surface area contributed by atoms with Gasteiger partial charge in [0.15, 0.2) is 0 Å². The van der Waals surface area contributed by atoms with E-state index in [-0.39, 0.29) is 0 Å². The normalized spacial score (nSPS) is 10.2.